The van der Waals surface area contributed by atoms with Crippen LogP contribution in [-0.2, 0) is 11.0 Å². The van der Waals surface area contributed by atoms with Gasteiger partial charge in [0.1, 0.15) is 11.0 Å². The largest absolute Gasteiger partial charge is 0.237 e. The van der Waals surface area contributed by atoms with Gasteiger partial charge >= 0.3 is 0 Å². The molecule has 0 aromatic heterocycles. The van der Waals surface area contributed by atoms with Crippen LogP contribution in [-0.4, -0.2) is 4.21 Å². The summed E-state index contributed by atoms with van der Waals surface area (Å²) in [4.78, 5) is 0.806. The highest BCUT2D eigenvalue weighted by molar-refractivity contribution is 7.83. The van der Waals surface area contributed by atoms with E-state index >= 15 is 0 Å². The molecule has 0 fully saturated rings. The first-order chi connectivity index (χ1) is 14.6. The molecular weight excluding hydrogens is 386 g/mol. The maximum Gasteiger partial charge on any atom is 0.125 e. The highest BCUT2D eigenvalue weighted by atomic mass is 32.2. The van der Waals surface area contributed by atoms with Gasteiger partial charge in [-0.2, -0.15) is 0 Å². The Balaban J connectivity index is 1.84. The zero-order chi connectivity index (χ0) is 21.3. The minimum atomic E-state index is -1.28. The normalized spacial score (nSPS) is 14.0. The SMILES string of the molecule is CCCCCC/C(C)=C/C(NS(=O)c1ccc(C)cc1)c1ccc2ccccc2c1. The molecule has 3 rings (SSSR count). The molecule has 3 aromatic rings. The van der Waals surface area contributed by atoms with Gasteiger partial charge < -0.3 is 0 Å². The topological polar surface area (TPSA) is 29.1 Å². The number of rotatable bonds is 10. The lowest BCUT2D eigenvalue weighted by atomic mass is 9.99. The molecule has 0 aliphatic rings. The Hall–Kier alpha value is -2.23. The van der Waals surface area contributed by atoms with E-state index in [2.05, 4.69) is 67.1 Å². The first-order valence-electron chi connectivity index (χ1n) is 11.0. The van der Waals surface area contributed by atoms with Crippen molar-refractivity contribution in [1.29, 1.82) is 0 Å². The van der Waals surface area contributed by atoms with Gasteiger partial charge in [-0.15, -0.1) is 0 Å². The van der Waals surface area contributed by atoms with E-state index in [1.54, 1.807) is 0 Å². The van der Waals surface area contributed by atoms with Crippen molar-refractivity contribution in [3.05, 3.63) is 89.5 Å². The number of nitrogens with one attached hydrogen (secondary N) is 1. The summed E-state index contributed by atoms with van der Waals surface area (Å²) in [5, 5.41) is 2.43. The van der Waals surface area contributed by atoms with Gasteiger partial charge in [0.15, 0.2) is 0 Å². The molecule has 1 N–H and O–H groups in total. The van der Waals surface area contributed by atoms with Gasteiger partial charge in [-0.1, -0.05) is 91.9 Å². The van der Waals surface area contributed by atoms with Gasteiger partial charge in [0.05, 0.1) is 10.9 Å². The lowest BCUT2D eigenvalue weighted by molar-refractivity contribution is 0.654. The van der Waals surface area contributed by atoms with Crippen LogP contribution in [0.4, 0.5) is 0 Å². The zero-order valence-corrected chi connectivity index (χ0v) is 19.2. The molecule has 158 valence electrons. The smallest absolute Gasteiger partial charge is 0.125 e. The number of unbranched alkanes of at least 4 members (excludes halogenated alkanes) is 3. The maximum absolute atomic E-state index is 13.1. The van der Waals surface area contributed by atoms with Crippen LogP contribution >= 0.6 is 0 Å². The third kappa shape index (κ3) is 6.38. The Kier molecular flexibility index (Phi) is 8.41. The molecule has 0 aliphatic carbocycles. The molecule has 3 aromatic carbocycles. The van der Waals surface area contributed by atoms with E-state index in [0.717, 1.165) is 16.9 Å². The van der Waals surface area contributed by atoms with Crippen molar-refractivity contribution in [3.63, 3.8) is 0 Å². The summed E-state index contributed by atoms with van der Waals surface area (Å²) in [6, 6.07) is 22.7. The van der Waals surface area contributed by atoms with E-state index in [-0.39, 0.29) is 6.04 Å². The first-order valence-corrected chi connectivity index (χ1v) is 12.1. The Labute approximate surface area is 184 Å². The Morgan fingerprint density at radius 3 is 2.43 bits per heavy atom. The average Bonchev–Trinajstić information content (AvgIpc) is 2.76. The molecule has 30 heavy (non-hydrogen) atoms. The summed E-state index contributed by atoms with van der Waals surface area (Å²) in [5.41, 5.74) is 3.66. The summed E-state index contributed by atoms with van der Waals surface area (Å²) in [6.07, 6.45) is 8.36. The Morgan fingerprint density at radius 1 is 0.967 bits per heavy atom. The van der Waals surface area contributed by atoms with E-state index in [9.17, 15) is 4.21 Å². The molecule has 0 aliphatic heterocycles. The van der Waals surface area contributed by atoms with Crippen molar-refractivity contribution in [1.82, 2.24) is 4.72 Å². The third-order valence-corrected chi connectivity index (χ3v) is 6.65. The fraction of sp³-hybridized carbons (Fsp3) is 0.333. The number of hydrogen-bond acceptors (Lipinski definition) is 1. The van der Waals surface area contributed by atoms with E-state index in [1.165, 1.54) is 47.6 Å². The summed E-state index contributed by atoms with van der Waals surface area (Å²) in [7, 11) is -1.28. The maximum atomic E-state index is 13.1. The molecule has 0 saturated heterocycles. The molecule has 2 unspecified atom stereocenters. The Morgan fingerprint density at radius 2 is 1.70 bits per heavy atom. The van der Waals surface area contributed by atoms with Crippen LogP contribution in [0.15, 0.2) is 83.3 Å². The second kappa shape index (κ2) is 11.2. The second-order valence-corrected chi connectivity index (χ2v) is 9.35. The van der Waals surface area contributed by atoms with Crippen LogP contribution in [0.25, 0.3) is 10.8 Å². The number of benzene rings is 3. The average molecular weight is 420 g/mol. The summed E-state index contributed by atoms with van der Waals surface area (Å²) >= 11 is 0. The van der Waals surface area contributed by atoms with Crippen molar-refractivity contribution in [2.75, 3.05) is 0 Å². The third-order valence-electron chi connectivity index (χ3n) is 5.48. The summed E-state index contributed by atoms with van der Waals surface area (Å²) < 4.78 is 16.4. The highest BCUT2D eigenvalue weighted by Gasteiger charge is 2.14. The van der Waals surface area contributed by atoms with E-state index in [1.807, 2.05) is 31.2 Å². The van der Waals surface area contributed by atoms with Gasteiger partial charge in [-0.25, -0.2) is 8.93 Å². The lowest BCUT2D eigenvalue weighted by Crippen LogP contribution is -2.22. The van der Waals surface area contributed by atoms with Gasteiger partial charge in [0.25, 0.3) is 0 Å². The second-order valence-electron chi connectivity index (χ2n) is 8.11. The van der Waals surface area contributed by atoms with Crippen LogP contribution in [0.3, 0.4) is 0 Å². The van der Waals surface area contributed by atoms with Gasteiger partial charge in [0, 0.05) is 0 Å². The molecule has 0 spiro atoms. The summed E-state index contributed by atoms with van der Waals surface area (Å²) in [6.45, 7) is 6.47. The molecule has 0 bridgehead atoms. The number of allylic oxidation sites excluding steroid dienone is 1. The van der Waals surface area contributed by atoms with E-state index in [0.29, 0.717) is 0 Å². The quantitative estimate of drug-likeness (QED) is 0.269. The number of fused-ring (bicyclic) bond motifs is 1. The van der Waals surface area contributed by atoms with Crippen LogP contribution in [0.5, 0.6) is 0 Å². The van der Waals surface area contributed by atoms with E-state index < -0.39 is 11.0 Å². The van der Waals surface area contributed by atoms with Gasteiger partial charge in [-0.3, -0.25) is 0 Å². The minimum Gasteiger partial charge on any atom is -0.237 e. The molecule has 3 heteroatoms. The van der Waals surface area contributed by atoms with Crippen molar-refractivity contribution < 1.29 is 4.21 Å². The molecule has 2 nitrogen and oxygen atoms in total. The minimum absolute atomic E-state index is 0.0945. The summed E-state index contributed by atoms with van der Waals surface area (Å²) in [5.74, 6) is 0. The van der Waals surface area contributed by atoms with E-state index in [4.69, 9.17) is 0 Å². The standard InChI is InChI=1S/C27H33NOS/c1-4-5-6-7-10-22(3)19-27(28-30(29)26-17-13-21(2)14-18-26)25-16-15-23-11-8-9-12-24(23)20-25/h8-9,11-20,27-28H,4-7,10H2,1-3H3/b22-19+. The van der Waals surface area contributed by atoms with Crippen LogP contribution in [0.1, 0.15) is 63.1 Å². The zero-order valence-electron chi connectivity index (χ0n) is 18.4. The molecule has 2 atom stereocenters. The van der Waals surface area contributed by atoms with Crippen LogP contribution in [0.2, 0.25) is 0 Å². The monoisotopic (exact) mass is 419 g/mol. The lowest BCUT2D eigenvalue weighted by Gasteiger charge is -2.18. The van der Waals surface area contributed by atoms with Crippen LogP contribution < -0.4 is 4.72 Å². The molecule has 0 heterocycles. The van der Waals surface area contributed by atoms with Crippen molar-refractivity contribution in [3.8, 4) is 0 Å². The number of hydrogen-bond donors (Lipinski definition) is 1. The first kappa shape index (κ1) is 22.5. The van der Waals surface area contributed by atoms with Crippen molar-refractivity contribution in [2.45, 2.75) is 63.8 Å². The molecule has 0 saturated carbocycles. The Bertz CT molecular complexity index is 1010. The highest BCUT2D eigenvalue weighted by Crippen LogP contribution is 2.25. The molecule has 0 amide bonds. The predicted molar refractivity (Wildman–Crippen MR) is 130 cm³/mol. The van der Waals surface area contributed by atoms with Gasteiger partial charge in [0.2, 0.25) is 0 Å². The fourth-order valence-electron chi connectivity index (χ4n) is 3.64. The molecule has 0 radical (unpaired) electrons. The van der Waals surface area contributed by atoms with Crippen molar-refractivity contribution >= 4 is 21.8 Å². The van der Waals surface area contributed by atoms with Crippen molar-refractivity contribution in [2.24, 2.45) is 0 Å². The molecular formula is C27H33NOS. The van der Waals surface area contributed by atoms with Crippen LogP contribution in [0, 0.1) is 6.92 Å². The van der Waals surface area contributed by atoms with Gasteiger partial charge in [-0.05, 0) is 61.2 Å². The fourth-order valence-corrected chi connectivity index (χ4v) is 4.60. The number of aryl methyl sites for hydroxylation is 1. The predicted octanol–water partition coefficient (Wildman–Crippen LogP) is 7.42.